The summed E-state index contributed by atoms with van der Waals surface area (Å²) in [6, 6.07) is 27.1. The molecule has 25 heavy (non-hydrogen) atoms. The highest BCUT2D eigenvalue weighted by atomic mass is 15.4. The van der Waals surface area contributed by atoms with E-state index in [1.54, 1.807) is 0 Å². The molecule has 0 spiro atoms. The third-order valence-corrected chi connectivity index (χ3v) is 4.32. The van der Waals surface area contributed by atoms with Crippen LogP contribution in [0.5, 0.6) is 0 Å². The van der Waals surface area contributed by atoms with Gasteiger partial charge in [-0.1, -0.05) is 83.1 Å². The summed E-state index contributed by atoms with van der Waals surface area (Å²) in [6.45, 7) is 4.17. The van der Waals surface area contributed by atoms with Gasteiger partial charge in [-0.15, -0.1) is 5.10 Å². The van der Waals surface area contributed by atoms with Gasteiger partial charge in [0.05, 0.1) is 5.69 Å². The second kappa shape index (κ2) is 6.36. The van der Waals surface area contributed by atoms with Gasteiger partial charge in [0.1, 0.15) is 11.4 Å². The van der Waals surface area contributed by atoms with Crippen molar-refractivity contribution in [2.24, 2.45) is 0 Å². The molecule has 0 aliphatic rings. The molecule has 0 fully saturated rings. The summed E-state index contributed by atoms with van der Waals surface area (Å²) >= 11 is 0. The zero-order valence-electron chi connectivity index (χ0n) is 14.3. The molecule has 0 radical (unpaired) electrons. The Morgan fingerprint density at radius 1 is 0.640 bits per heavy atom. The van der Waals surface area contributed by atoms with E-state index in [1.165, 1.54) is 11.1 Å². The first kappa shape index (κ1) is 15.3. The van der Waals surface area contributed by atoms with Crippen molar-refractivity contribution >= 4 is 0 Å². The van der Waals surface area contributed by atoms with Crippen molar-refractivity contribution in [2.75, 3.05) is 0 Å². The van der Waals surface area contributed by atoms with Crippen LogP contribution in [0.3, 0.4) is 0 Å². The van der Waals surface area contributed by atoms with Crippen LogP contribution in [-0.4, -0.2) is 15.0 Å². The van der Waals surface area contributed by atoms with E-state index in [2.05, 4.69) is 84.8 Å². The largest absolute Gasteiger partial charge is 0.212 e. The molecule has 3 aromatic carbocycles. The van der Waals surface area contributed by atoms with Crippen LogP contribution in [0.25, 0.3) is 28.2 Å². The maximum atomic E-state index is 4.50. The number of rotatable bonds is 3. The van der Waals surface area contributed by atoms with Gasteiger partial charge in [0, 0.05) is 11.1 Å². The fourth-order valence-corrected chi connectivity index (χ4v) is 2.91. The van der Waals surface area contributed by atoms with Crippen molar-refractivity contribution in [3.8, 4) is 28.2 Å². The van der Waals surface area contributed by atoms with Crippen LogP contribution < -0.4 is 0 Å². The minimum absolute atomic E-state index is 0.895. The SMILES string of the molecule is Cc1ccc(-c2nnn(-c3ccc(C)cc3)c2-c2ccccc2)cc1. The Hall–Kier alpha value is -3.20. The molecule has 0 aliphatic carbocycles. The van der Waals surface area contributed by atoms with Gasteiger partial charge in [-0.2, -0.15) is 0 Å². The molecule has 0 bridgehead atoms. The summed E-state index contributed by atoms with van der Waals surface area (Å²) < 4.78 is 1.92. The van der Waals surface area contributed by atoms with Gasteiger partial charge in [-0.05, 0) is 26.0 Å². The number of aromatic nitrogens is 3. The van der Waals surface area contributed by atoms with Gasteiger partial charge >= 0.3 is 0 Å². The molecule has 1 aromatic heterocycles. The van der Waals surface area contributed by atoms with Crippen molar-refractivity contribution in [1.82, 2.24) is 15.0 Å². The summed E-state index contributed by atoms with van der Waals surface area (Å²) in [5.41, 5.74) is 7.54. The van der Waals surface area contributed by atoms with Gasteiger partial charge in [-0.3, -0.25) is 0 Å². The predicted molar refractivity (Wildman–Crippen MR) is 102 cm³/mol. The lowest BCUT2D eigenvalue weighted by atomic mass is 10.0. The van der Waals surface area contributed by atoms with E-state index >= 15 is 0 Å². The molecule has 0 amide bonds. The zero-order chi connectivity index (χ0) is 17.2. The molecule has 3 nitrogen and oxygen atoms in total. The Morgan fingerprint density at radius 3 is 1.88 bits per heavy atom. The van der Waals surface area contributed by atoms with Gasteiger partial charge < -0.3 is 0 Å². The quantitative estimate of drug-likeness (QED) is 0.517. The predicted octanol–water partition coefficient (Wildman–Crippen LogP) is 5.22. The number of benzene rings is 3. The lowest BCUT2D eigenvalue weighted by Gasteiger charge is -2.09. The van der Waals surface area contributed by atoms with Crippen molar-refractivity contribution in [1.29, 1.82) is 0 Å². The van der Waals surface area contributed by atoms with E-state index in [1.807, 2.05) is 22.9 Å². The first-order valence-corrected chi connectivity index (χ1v) is 8.37. The average Bonchev–Trinajstić information content (AvgIpc) is 3.09. The molecule has 0 aliphatic heterocycles. The first-order valence-electron chi connectivity index (χ1n) is 8.37. The molecule has 0 atom stereocenters. The summed E-state index contributed by atoms with van der Waals surface area (Å²) in [5, 5.41) is 8.96. The number of hydrogen-bond acceptors (Lipinski definition) is 2. The van der Waals surface area contributed by atoms with Gasteiger partial charge in [0.2, 0.25) is 0 Å². The molecule has 3 heteroatoms. The van der Waals surface area contributed by atoms with Crippen molar-refractivity contribution in [3.05, 3.63) is 90.0 Å². The summed E-state index contributed by atoms with van der Waals surface area (Å²) in [5.74, 6) is 0. The average molecular weight is 325 g/mol. The Labute approximate surface area is 147 Å². The van der Waals surface area contributed by atoms with Crippen LogP contribution in [0.1, 0.15) is 11.1 Å². The summed E-state index contributed by atoms with van der Waals surface area (Å²) in [6.07, 6.45) is 0. The number of hydrogen-bond donors (Lipinski definition) is 0. The lowest BCUT2D eigenvalue weighted by Crippen LogP contribution is -1.99. The molecule has 122 valence electrons. The number of aryl methyl sites for hydroxylation is 2. The highest BCUT2D eigenvalue weighted by Crippen LogP contribution is 2.32. The molecule has 4 aromatic rings. The highest BCUT2D eigenvalue weighted by Gasteiger charge is 2.17. The monoisotopic (exact) mass is 325 g/mol. The van der Waals surface area contributed by atoms with Gasteiger partial charge in [0.25, 0.3) is 0 Å². The molecular formula is C22H19N3. The molecular weight excluding hydrogens is 306 g/mol. The Kier molecular flexibility index (Phi) is 3.90. The Bertz CT molecular complexity index is 919. The number of nitrogens with zero attached hydrogens (tertiary/aromatic N) is 3. The van der Waals surface area contributed by atoms with Crippen molar-refractivity contribution in [2.45, 2.75) is 13.8 Å². The van der Waals surface area contributed by atoms with Crippen LogP contribution >= 0.6 is 0 Å². The van der Waals surface area contributed by atoms with Crippen LogP contribution in [0.4, 0.5) is 0 Å². The van der Waals surface area contributed by atoms with Crippen LogP contribution in [0, 0.1) is 13.8 Å². The summed E-state index contributed by atoms with van der Waals surface area (Å²) in [4.78, 5) is 0. The van der Waals surface area contributed by atoms with Crippen molar-refractivity contribution < 1.29 is 0 Å². The zero-order valence-corrected chi connectivity index (χ0v) is 14.3. The van der Waals surface area contributed by atoms with E-state index in [9.17, 15) is 0 Å². The molecule has 0 unspecified atom stereocenters. The van der Waals surface area contributed by atoms with E-state index in [4.69, 9.17) is 0 Å². The smallest absolute Gasteiger partial charge is 0.121 e. The third-order valence-electron chi connectivity index (χ3n) is 4.32. The normalized spacial score (nSPS) is 10.8. The highest BCUT2D eigenvalue weighted by molar-refractivity contribution is 5.79. The van der Waals surface area contributed by atoms with E-state index in [-0.39, 0.29) is 0 Å². The summed E-state index contributed by atoms with van der Waals surface area (Å²) in [7, 11) is 0. The molecule has 1 heterocycles. The van der Waals surface area contributed by atoms with Crippen LogP contribution in [0.2, 0.25) is 0 Å². The van der Waals surface area contributed by atoms with Gasteiger partial charge in [0.15, 0.2) is 0 Å². The van der Waals surface area contributed by atoms with Crippen molar-refractivity contribution in [3.63, 3.8) is 0 Å². The topological polar surface area (TPSA) is 30.7 Å². The second-order valence-corrected chi connectivity index (χ2v) is 6.27. The van der Waals surface area contributed by atoms with Crippen LogP contribution in [0.15, 0.2) is 78.9 Å². The molecule has 0 saturated carbocycles. The fraction of sp³-hybridized carbons (Fsp3) is 0.0909. The molecule has 0 N–H and O–H groups in total. The standard InChI is InChI=1S/C22H19N3/c1-16-8-12-18(13-9-16)21-22(19-6-4-3-5-7-19)25(24-23-21)20-14-10-17(2)11-15-20/h3-15H,1-2H3. The molecule has 0 saturated heterocycles. The maximum absolute atomic E-state index is 4.50. The van der Waals surface area contributed by atoms with E-state index in [0.717, 1.165) is 28.2 Å². The first-order chi connectivity index (χ1) is 12.2. The minimum Gasteiger partial charge on any atom is -0.212 e. The Morgan fingerprint density at radius 2 is 1.24 bits per heavy atom. The minimum atomic E-state index is 0.895. The van der Waals surface area contributed by atoms with Gasteiger partial charge in [-0.25, -0.2) is 4.68 Å². The van der Waals surface area contributed by atoms with E-state index in [0.29, 0.717) is 0 Å². The maximum Gasteiger partial charge on any atom is 0.121 e. The fourth-order valence-electron chi connectivity index (χ4n) is 2.91. The third kappa shape index (κ3) is 2.96. The molecule has 4 rings (SSSR count). The van der Waals surface area contributed by atoms with E-state index < -0.39 is 0 Å². The lowest BCUT2D eigenvalue weighted by molar-refractivity contribution is 0.808. The Balaban J connectivity index is 1.94. The second-order valence-electron chi connectivity index (χ2n) is 6.27. The van der Waals surface area contributed by atoms with Crippen LogP contribution in [-0.2, 0) is 0 Å².